The second-order valence-corrected chi connectivity index (χ2v) is 5.07. The summed E-state index contributed by atoms with van der Waals surface area (Å²) in [5, 5.41) is 9.59. The van der Waals surface area contributed by atoms with Crippen molar-refractivity contribution in [1.29, 1.82) is 0 Å². The van der Waals surface area contributed by atoms with Gasteiger partial charge in [-0.2, -0.15) is 0 Å². The smallest absolute Gasteiger partial charge is 0.314 e. The van der Waals surface area contributed by atoms with Gasteiger partial charge in [-0.1, -0.05) is 39.3 Å². The monoisotopic (exact) mass is 210 g/mol. The van der Waals surface area contributed by atoms with Gasteiger partial charge in [0.15, 0.2) is 0 Å². The number of carboxylic acid groups (broad SMARTS) is 1. The van der Waals surface area contributed by atoms with Crippen molar-refractivity contribution < 1.29 is 9.90 Å². The lowest BCUT2D eigenvalue weighted by molar-refractivity contribution is -0.154. The van der Waals surface area contributed by atoms with Gasteiger partial charge >= 0.3 is 5.97 Å². The van der Waals surface area contributed by atoms with E-state index in [9.17, 15) is 9.90 Å². The molecule has 0 saturated carbocycles. The largest absolute Gasteiger partial charge is 0.481 e. The van der Waals surface area contributed by atoms with Crippen molar-refractivity contribution in [2.24, 2.45) is 10.8 Å². The summed E-state index contributed by atoms with van der Waals surface area (Å²) in [7, 11) is 0. The zero-order chi connectivity index (χ0) is 11.7. The number of hydrogen-bond acceptors (Lipinski definition) is 1. The zero-order valence-electron chi connectivity index (χ0n) is 10.3. The van der Waals surface area contributed by atoms with Gasteiger partial charge in [0.05, 0.1) is 5.41 Å². The van der Waals surface area contributed by atoms with Crippen LogP contribution in [0.4, 0.5) is 0 Å². The first kappa shape index (κ1) is 12.3. The second-order valence-electron chi connectivity index (χ2n) is 5.07. The molecule has 2 nitrogen and oxygen atoms in total. The third kappa shape index (κ3) is 1.60. The quantitative estimate of drug-likeness (QED) is 0.722. The normalized spacial score (nSPS) is 29.7. The molecule has 0 heterocycles. The lowest BCUT2D eigenvalue weighted by Crippen LogP contribution is -2.47. The van der Waals surface area contributed by atoms with E-state index in [1.165, 1.54) is 0 Å². The maximum absolute atomic E-state index is 11.7. The fourth-order valence-electron chi connectivity index (χ4n) is 3.16. The predicted octanol–water partition coefficient (Wildman–Crippen LogP) is 3.62. The van der Waals surface area contributed by atoms with Crippen molar-refractivity contribution in [2.45, 2.75) is 53.4 Å². The summed E-state index contributed by atoms with van der Waals surface area (Å²) < 4.78 is 0. The highest BCUT2D eigenvalue weighted by molar-refractivity contribution is 5.80. The van der Waals surface area contributed by atoms with Crippen molar-refractivity contribution >= 4 is 5.97 Å². The van der Waals surface area contributed by atoms with E-state index in [4.69, 9.17) is 0 Å². The first-order chi connectivity index (χ1) is 6.92. The van der Waals surface area contributed by atoms with Crippen molar-refractivity contribution in [2.75, 3.05) is 0 Å². The molecule has 1 aliphatic carbocycles. The van der Waals surface area contributed by atoms with E-state index in [-0.39, 0.29) is 5.41 Å². The molecule has 1 aliphatic rings. The molecule has 0 spiro atoms. The molecule has 86 valence electrons. The summed E-state index contributed by atoms with van der Waals surface area (Å²) in [5.74, 6) is -0.650. The van der Waals surface area contributed by atoms with Gasteiger partial charge in [-0.25, -0.2) is 0 Å². The first-order valence-electron chi connectivity index (χ1n) is 5.85. The summed E-state index contributed by atoms with van der Waals surface area (Å²) in [6.45, 7) is 8.23. The molecule has 0 saturated heterocycles. The molecule has 2 heteroatoms. The molecule has 0 bridgehead atoms. The third-order valence-electron chi connectivity index (χ3n) is 4.14. The number of allylic oxidation sites excluding steroid dienone is 1. The van der Waals surface area contributed by atoms with Crippen molar-refractivity contribution in [3.05, 3.63) is 11.6 Å². The first-order valence-corrected chi connectivity index (χ1v) is 5.85. The number of carboxylic acids is 1. The van der Waals surface area contributed by atoms with E-state index in [0.29, 0.717) is 6.42 Å². The Labute approximate surface area is 92.4 Å². The van der Waals surface area contributed by atoms with Gasteiger partial charge in [-0.15, -0.1) is 0 Å². The van der Waals surface area contributed by atoms with Crippen molar-refractivity contribution in [3.63, 3.8) is 0 Å². The summed E-state index contributed by atoms with van der Waals surface area (Å²) in [6.07, 6.45) is 5.67. The Hall–Kier alpha value is -0.790. The Balaban J connectivity index is 3.31. The highest BCUT2D eigenvalue weighted by Gasteiger charge is 2.52. The van der Waals surface area contributed by atoms with Gasteiger partial charge < -0.3 is 5.11 Å². The van der Waals surface area contributed by atoms with Crippen LogP contribution in [-0.4, -0.2) is 11.1 Å². The molecular weight excluding hydrogens is 188 g/mol. The molecule has 1 rings (SSSR count). The average molecular weight is 210 g/mol. The van der Waals surface area contributed by atoms with Crippen molar-refractivity contribution in [1.82, 2.24) is 0 Å². The molecule has 0 aromatic carbocycles. The molecule has 0 aromatic rings. The van der Waals surface area contributed by atoms with Gasteiger partial charge in [-0.3, -0.25) is 4.79 Å². The van der Waals surface area contributed by atoms with Gasteiger partial charge in [0.1, 0.15) is 0 Å². The Morgan fingerprint density at radius 3 is 2.40 bits per heavy atom. The Kier molecular flexibility index (Phi) is 3.27. The van der Waals surface area contributed by atoms with Crippen molar-refractivity contribution in [3.8, 4) is 0 Å². The van der Waals surface area contributed by atoms with Crippen LogP contribution < -0.4 is 0 Å². The van der Waals surface area contributed by atoms with E-state index in [0.717, 1.165) is 24.8 Å². The molecule has 15 heavy (non-hydrogen) atoms. The van der Waals surface area contributed by atoms with Gasteiger partial charge in [0.25, 0.3) is 0 Å². The minimum Gasteiger partial charge on any atom is -0.481 e. The molecule has 1 atom stereocenters. The summed E-state index contributed by atoms with van der Waals surface area (Å²) in [4.78, 5) is 11.7. The van der Waals surface area contributed by atoms with Crippen LogP contribution >= 0.6 is 0 Å². The van der Waals surface area contributed by atoms with Crippen LogP contribution in [0.5, 0.6) is 0 Å². The number of hydrogen-bond donors (Lipinski definition) is 1. The lowest BCUT2D eigenvalue weighted by atomic mass is 9.55. The van der Waals surface area contributed by atoms with E-state index in [2.05, 4.69) is 26.8 Å². The Morgan fingerprint density at radius 1 is 1.47 bits per heavy atom. The van der Waals surface area contributed by atoms with Crippen LogP contribution in [0.25, 0.3) is 0 Å². The van der Waals surface area contributed by atoms with Crippen LogP contribution in [0.2, 0.25) is 0 Å². The van der Waals surface area contributed by atoms with Gasteiger partial charge in [0.2, 0.25) is 0 Å². The summed E-state index contributed by atoms with van der Waals surface area (Å²) >= 11 is 0. The molecule has 0 aromatic heterocycles. The molecule has 1 unspecified atom stereocenters. The molecule has 0 radical (unpaired) electrons. The fraction of sp³-hybridized carbons (Fsp3) is 0.769. The predicted molar refractivity (Wildman–Crippen MR) is 61.7 cm³/mol. The van der Waals surface area contributed by atoms with Crippen LogP contribution in [0.1, 0.15) is 53.4 Å². The van der Waals surface area contributed by atoms with E-state index >= 15 is 0 Å². The Bertz CT molecular complexity index is 289. The minimum atomic E-state index is -0.650. The number of rotatable bonds is 3. The lowest BCUT2D eigenvalue weighted by Gasteiger charge is -2.47. The molecule has 0 aliphatic heterocycles. The average Bonchev–Trinajstić information content (AvgIpc) is 2.15. The molecular formula is C13H22O2. The fourth-order valence-corrected chi connectivity index (χ4v) is 3.16. The van der Waals surface area contributed by atoms with E-state index < -0.39 is 11.4 Å². The molecule has 0 amide bonds. The maximum Gasteiger partial charge on any atom is 0.314 e. The number of carbonyl (C=O) groups is 1. The van der Waals surface area contributed by atoms with Crippen LogP contribution in [0.15, 0.2) is 11.6 Å². The molecule has 0 fully saturated rings. The summed E-state index contributed by atoms with van der Waals surface area (Å²) in [6, 6.07) is 0. The highest BCUT2D eigenvalue weighted by atomic mass is 16.4. The highest BCUT2D eigenvalue weighted by Crippen LogP contribution is 2.54. The van der Waals surface area contributed by atoms with Gasteiger partial charge in [0, 0.05) is 0 Å². The third-order valence-corrected chi connectivity index (χ3v) is 4.14. The van der Waals surface area contributed by atoms with Crippen LogP contribution in [0, 0.1) is 10.8 Å². The Morgan fingerprint density at radius 2 is 2.07 bits per heavy atom. The van der Waals surface area contributed by atoms with Crippen LogP contribution in [0.3, 0.4) is 0 Å². The topological polar surface area (TPSA) is 37.3 Å². The molecule has 1 N–H and O–H groups in total. The van der Waals surface area contributed by atoms with E-state index in [1.54, 1.807) is 0 Å². The zero-order valence-corrected chi connectivity index (χ0v) is 10.3. The van der Waals surface area contributed by atoms with E-state index in [1.807, 2.05) is 6.92 Å². The number of aliphatic carboxylic acids is 1. The van der Waals surface area contributed by atoms with Crippen LogP contribution in [-0.2, 0) is 4.79 Å². The maximum atomic E-state index is 11.7. The second kappa shape index (κ2) is 3.99. The summed E-state index contributed by atoms with van der Waals surface area (Å²) in [5.41, 5.74) is 0.349. The van der Waals surface area contributed by atoms with Gasteiger partial charge in [-0.05, 0) is 31.1 Å². The minimum absolute atomic E-state index is 0.131. The SMILES string of the molecule is CCC1=CCCC(C)(C)C1(CC)C(=O)O. The standard InChI is InChI=1S/C13H22O2/c1-5-10-8-7-9-12(3,4)13(10,6-2)11(14)15/h8H,5-7,9H2,1-4H3,(H,14,15).